The normalized spacial score (nSPS) is 11.8. The number of hydrogen-bond acceptors (Lipinski definition) is 7. The second kappa shape index (κ2) is 6.49. The molecule has 1 aromatic carbocycles. The van der Waals surface area contributed by atoms with Gasteiger partial charge in [-0.2, -0.15) is 9.50 Å². The highest BCUT2D eigenvalue weighted by Crippen LogP contribution is 2.15. The number of esters is 1. The van der Waals surface area contributed by atoms with Gasteiger partial charge in [-0.1, -0.05) is 23.5 Å². The summed E-state index contributed by atoms with van der Waals surface area (Å²) < 4.78 is 6.49. The van der Waals surface area contributed by atoms with Gasteiger partial charge in [0.25, 0.3) is 5.56 Å². The Morgan fingerprint density at radius 1 is 1.15 bits per heavy atom. The van der Waals surface area contributed by atoms with E-state index in [1.807, 2.05) is 0 Å². The molecular weight excluding hydrogens is 352 g/mol. The zero-order valence-corrected chi connectivity index (χ0v) is 14.4. The maximum atomic E-state index is 12.6. The summed E-state index contributed by atoms with van der Waals surface area (Å²) in [4.78, 5) is 32.9. The third kappa shape index (κ3) is 2.86. The molecule has 0 fully saturated rings. The zero-order chi connectivity index (χ0) is 18.1. The van der Waals surface area contributed by atoms with E-state index in [-0.39, 0.29) is 5.56 Å². The lowest BCUT2D eigenvalue weighted by Gasteiger charge is -1.98. The van der Waals surface area contributed by atoms with E-state index in [9.17, 15) is 9.59 Å². The SMILES string of the molecule is COC(=O)c1ccc(/C=c2\sc3nc(-c4ccncc4)nn3c2=O)cc1. The standard InChI is InChI=1S/C18H12N4O3S/c1-25-17(24)13-4-2-11(3-5-13)10-14-16(23)22-18(26-14)20-15(21-22)12-6-8-19-9-7-12/h2-10H,1H3/b14-10-. The van der Waals surface area contributed by atoms with E-state index < -0.39 is 5.97 Å². The molecule has 8 heteroatoms. The Hall–Kier alpha value is -3.39. The predicted octanol–water partition coefficient (Wildman–Crippen LogP) is 1.55. The van der Waals surface area contributed by atoms with Crippen LogP contribution in [0.15, 0.2) is 53.6 Å². The molecule has 0 unspecified atom stereocenters. The highest BCUT2D eigenvalue weighted by Gasteiger charge is 2.12. The lowest BCUT2D eigenvalue weighted by Crippen LogP contribution is -2.23. The second-order valence-electron chi connectivity index (χ2n) is 5.40. The van der Waals surface area contributed by atoms with Crippen molar-refractivity contribution in [1.29, 1.82) is 0 Å². The Labute approximate surface area is 151 Å². The molecule has 7 nitrogen and oxygen atoms in total. The first-order valence-electron chi connectivity index (χ1n) is 7.66. The molecule has 0 radical (unpaired) electrons. The summed E-state index contributed by atoms with van der Waals surface area (Å²) >= 11 is 1.26. The zero-order valence-electron chi connectivity index (χ0n) is 13.6. The molecule has 0 bridgehead atoms. The molecule has 0 spiro atoms. The third-order valence-electron chi connectivity index (χ3n) is 3.75. The minimum atomic E-state index is -0.400. The minimum absolute atomic E-state index is 0.227. The molecule has 3 aromatic heterocycles. The van der Waals surface area contributed by atoms with Gasteiger partial charge in [0.2, 0.25) is 4.96 Å². The Morgan fingerprint density at radius 3 is 2.54 bits per heavy atom. The van der Waals surface area contributed by atoms with Gasteiger partial charge in [-0.15, -0.1) is 5.10 Å². The van der Waals surface area contributed by atoms with E-state index in [2.05, 4.69) is 19.8 Å². The van der Waals surface area contributed by atoms with Gasteiger partial charge in [-0.05, 0) is 35.9 Å². The van der Waals surface area contributed by atoms with Gasteiger partial charge in [0.15, 0.2) is 5.82 Å². The molecule has 0 amide bonds. The van der Waals surface area contributed by atoms with Crippen LogP contribution in [0.1, 0.15) is 15.9 Å². The van der Waals surface area contributed by atoms with Gasteiger partial charge in [0.05, 0.1) is 17.2 Å². The van der Waals surface area contributed by atoms with Crippen LogP contribution in [0.5, 0.6) is 0 Å². The van der Waals surface area contributed by atoms with E-state index in [4.69, 9.17) is 0 Å². The van der Waals surface area contributed by atoms with Crippen molar-refractivity contribution < 1.29 is 9.53 Å². The number of hydrogen-bond donors (Lipinski definition) is 0. The number of thiazole rings is 1. The number of carbonyl (C=O) groups excluding carboxylic acids is 1. The molecule has 0 aliphatic rings. The van der Waals surface area contributed by atoms with Crippen molar-refractivity contribution in [2.24, 2.45) is 0 Å². The number of pyridine rings is 1. The summed E-state index contributed by atoms with van der Waals surface area (Å²) in [5, 5.41) is 4.29. The maximum Gasteiger partial charge on any atom is 0.337 e. The maximum absolute atomic E-state index is 12.6. The molecule has 128 valence electrons. The molecule has 0 saturated heterocycles. The largest absolute Gasteiger partial charge is 0.465 e. The second-order valence-corrected chi connectivity index (χ2v) is 6.40. The lowest BCUT2D eigenvalue weighted by molar-refractivity contribution is 0.0600. The Bertz CT molecular complexity index is 1200. The van der Waals surface area contributed by atoms with Gasteiger partial charge >= 0.3 is 5.97 Å². The highest BCUT2D eigenvalue weighted by atomic mass is 32.1. The van der Waals surface area contributed by atoms with Crippen molar-refractivity contribution in [2.45, 2.75) is 0 Å². The van der Waals surface area contributed by atoms with Gasteiger partial charge in [-0.3, -0.25) is 9.78 Å². The number of nitrogens with zero attached hydrogens (tertiary/aromatic N) is 4. The van der Waals surface area contributed by atoms with Crippen molar-refractivity contribution in [3.05, 3.63) is 74.8 Å². The summed E-state index contributed by atoms with van der Waals surface area (Å²) in [7, 11) is 1.33. The summed E-state index contributed by atoms with van der Waals surface area (Å²) in [6.45, 7) is 0. The molecule has 26 heavy (non-hydrogen) atoms. The quantitative estimate of drug-likeness (QED) is 0.513. The van der Waals surface area contributed by atoms with Gasteiger partial charge in [0.1, 0.15) is 0 Å². The number of benzene rings is 1. The fourth-order valence-electron chi connectivity index (χ4n) is 2.44. The molecule has 0 N–H and O–H groups in total. The van der Waals surface area contributed by atoms with Crippen LogP contribution < -0.4 is 10.1 Å². The smallest absolute Gasteiger partial charge is 0.337 e. The van der Waals surface area contributed by atoms with Crippen LogP contribution in [0, 0.1) is 0 Å². The van der Waals surface area contributed by atoms with Crippen LogP contribution in [0.4, 0.5) is 0 Å². The van der Waals surface area contributed by atoms with Crippen molar-refractivity contribution in [1.82, 2.24) is 19.6 Å². The van der Waals surface area contributed by atoms with Crippen LogP contribution in [0.2, 0.25) is 0 Å². The Morgan fingerprint density at radius 2 is 1.88 bits per heavy atom. The van der Waals surface area contributed by atoms with Crippen molar-refractivity contribution >= 4 is 28.3 Å². The average molecular weight is 364 g/mol. The van der Waals surface area contributed by atoms with E-state index >= 15 is 0 Å². The number of carbonyl (C=O) groups is 1. The monoisotopic (exact) mass is 364 g/mol. The Balaban J connectivity index is 1.72. The molecule has 0 aliphatic heterocycles. The third-order valence-corrected chi connectivity index (χ3v) is 4.71. The first kappa shape index (κ1) is 16.1. The van der Waals surface area contributed by atoms with Crippen LogP contribution in [-0.4, -0.2) is 32.7 Å². The van der Waals surface area contributed by atoms with Gasteiger partial charge in [-0.25, -0.2) is 4.79 Å². The van der Waals surface area contributed by atoms with Gasteiger partial charge < -0.3 is 4.74 Å². The molecule has 4 aromatic rings. The predicted molar refractivity (Wildman–Crippen MR) is 96.9 cm³/mol. The fraction of sp³-hybridized carbons (Fsp3) is 0.0556. The summed E-state index contributed by atoms with van der Waals surface area (Å²) in [5.74, 6) is 0.0910. The van der Waals surface area contributed by atoms with E-state index in [1.165, 1.54) is 23.0 Å². The molecule has 0 saturated carbocycles. The van der Waals surface area contributed by atoms with E-state index in [0.29, 0.717) is 20.9 Å². The van der Waals surface area contributed by atoms with Crippen molar-refractivity contribution in [3.8, 4) is 11.4 Å². The minimum Gasteiger partial charge on any atom is -0.465 e. The summed E-state index contributed by atoms with van der Waals surface area (Å²) in [5.41, 5.74) is 1.83. The molecule has 0 atom stereocenters. The Kier molecular flexibility index (Phi) is 4.02. The average Bonchev–Trinajstić information content (AvgIpc) is 3.22. The van der Waals surface area contributed by atoms with Gasteiger partial charge in [0, 0.05) is 18.0 Å². The molecular formula is C18H12N4O3S. The van der Waals surface area contributed by atoms with Crippen LogP contribution in [0.3, 0.4) is 0 Å². The van der Waals surface area contributed by atoms with Crippen molar-refractivity contribution in [2.75, 3.05) is 7.11 Å². The first-order chi connectivity index (χ1) is 12.7. The molecule has 3 heterocycles. The van der Waals surface area contributed by atoms with E-state index in [1.54, 1.807) is 54.9 Å². The van der Waals surface area contributed by atoms with Crippen LogP contribution >= 0.6 is 11.3 Å². The number of fused-ring (bicyclic) bond motifs is 1. The summed E-state index contributed by atoms with van der Waals surface area (Å²) in [6.07, 6.45) is 5.05. The number of rotatable bonds is 3. The first-order valence-corrected chi connectivity index (χ1v) is 8.47. The van der Waals surface area contributed by atoms with E-state index in [0.717, 1.165) is 11.1 Å². The topological polar surface area (TPSA) is 86.4 Å². The number of aromatic nitrogens is 4. The van der Waals surface area contributed by atoms with Crippen molar-refractivity contribution in [3.63, 3.8) is 0 Å². The van der Waals surface area contributed by atoms with Crippen LogP contribution in [0.25, 0.3) is 22.4 Å². The fourth-order valence-corrected chi connectivity index (χ4v) is 3.35. The number of ether oxygens (including phenoxy) is 1. The lowest BCUT2D eigenvalue weighted by atomic mass is 10.1. The number of methoxy groups -OCH3 is 1. The molecule has 4 rings (SSSR count). The van der Waals surface area contributed by atoms with Crippen LogP contribution in [-0.2, 0) is 4.74 Å². The summed E-state index contributed by atoms with van der Waals surface area (Å²) in [6, 6.07) is 10.4. The highest BCUT2D eigenvalue weighted by molar-refractivity contribution is 7.15. The molecule has 0 aliphatic carbocycles.